The Morgan fingerprint density at radius 1 is 0.950 bits per heavy atom. The van der Waals surface area contributed by atoms with Crippen molar-refractivity contribution in [3.05, 3.63) is 89.4 Å². The molecule has 40 heavy (non-hydrogen) atoms. The number of anilines is 1. The van der Waals surface area contributed by atoms with Gasteiger partial charge in [0.15, 0.2) is 0 Å². The molecular formula is C30H36ClN3O5S. The number of ether oxygens (including phenoxy) is 1. The summed E-state index contributed by atoms with van der Waals surface area (Å²) >= 11 is 5.99. The molecular weight excluding hydrogens is 550 g/mol. The summed E-state index contributed by atoms with van der Waals surface area (Å²) < 4.78 is 33.9. The molecule has 0 aliphatic carbocycles. The van der Waals surface area contributed by atoms with Gasteiger partial charge in [-0.1, -0.05) is 62.2 Å². The zero-order valence-corrected chi connectivity index (χ0v) is 24.6. The van der Waals surface area contributed by atoms with E-state index in [0.29, 0.717) is 29.4 Å². The Labute approximate surface area is 241 Å². The zero-order chi connectivity index (χ0) is 29.1. The number of sulfonamides is 1. The average molecular weight is 586 g/mol. The van der Waals surface area contributed by atoms with E-state index in [9.17, 15) is 18.0 Å². The molecule has 1 atom stereocenters. The van der Waals surface area contributed by atoms with Crippen LogP contribution in [0.15, 0.2) is 83.8 Å². The Hall–Kier alpha value is -3.56. The molecule has 3 aromatic carbocycles. The second kappa shape index (κ2) is 14.7. The fraction of sp³-hybridized carbons (Fsp3) is 0.333. The molecule has 0 aliphatic heterocycles. The third kappa shape index (κ3) is 7.99. The summed E-state index contributed by atoms with van der Waals surface area (Å²) in [6.45, 7) is 3.98. The number of carbonyl (C=O) groups excluding carboxylic acids is 2. The lowest BCUT2D eigenvalue weighted by atomic mass is 10.1. The van der Waals surface area contributed by atoms with Crippen LogP contribution in [0.2, 0.25) is 5.02 Å². The topological polar surface area (TPSA) is 96.0 Å². The van der Waals surface area contributed by atoms with Crippen molar-refractivity contribution in [1.29, 1.82) is 0 Å². The van der Waals surface area contributed by atoms with Crippen molar-refractivity contribution in [2.45, 2.75) is 50.6 Å². The van der Waals surface area contributed by atoms with Crippen molar-refractivity contribution in [2.24, 2.45) is 0 Å². The first kappa shape index (κ1) is 31.0. The molecule has 0 aromatic heterocycles. The number of unbranched alkanes of at least 4 members (excludes halogenated alkanes) is 1. The molecule has 8 nitrogen and oxygen atoms in total. The molecule has 0 unspecified atom stereocenters. The van der Waals surface area contributed by atoms with Gasteiger partial charge in [-0.3, -0.25) is 13.9 Å². The van der Waals surface area contributed by atoms with Crippen molar-refractivity contribution >= 4 is 39.1 Å². The van der Waals surface area contributed by atoms with Crippen LogP contribution in [0.5, 0.6) is 5.75 Å². The number of halogens is 1. The first-order valence-electron chi connectivity index (χ1n) is 13.2. The predicted molar refractivity (Wildman–Crippen MR) is 158 cm³/mol. The Bertz CT molecular complexity index is 1350. The van der Waals surface area contributed by atoms with Gasteiger partial charge in [-0.15, -0.1) is 0 Å². The quantitative estimate of drug-likeness (QED) is 0.260. The largest absolute Gasteiger partial charge is 0.497 e. The van der Waals surface area contributed by atoms with Crippen LogP contribution in [0.4, 0.5) is 5.69 Å². The maximum absolute atomic E-state index is 14.0. The first-order chi connectivity index (χ1) is 19.2. The summed E-state index contributed by atoms with van der Waals surface area (Å²) in [6, 6.07) is 20.6. The maximum Gasteiger partial charge on any atom is 0.264 e. The minimum absolute atomic E-state index is 0.000363. The van der Waals surface area contributed by atoms with E-state index in [4.69, 9.17) is 16.3 Å². The standard InChI is InChI=1S/C30H36ClN3O5S/c1-4-6-20-32-30(36)28(5-2)33(21-23-12-16-26(39-3)17-13-23)29(35)22-34(25-10-8-7-9-11-25)40(37,38)27-18-14-24(31)15-19-27/h7-19,28H,4-6,20-22H2,1-3H3,(H,32,36)/t28-/m0/s1. The SMILES string of the molecule is CCCCNC(=O)[C@H](CC)N(Cc1ccc(OC)cc1)C(=O)CN(c1ccccc1)S(=O)(=O)c1ccc(Cl)cc1. The molecule has 0 saturated heterocycles. The number of benzene rings is 3. The molecule has 0 heterocycles. The van der Waals surface area contributed by atoms with Crippen LogP contribution >= 0.6 is 11.6 Å². The second-order valence-electron chi connectivity index (χ2n) is 9.24. The molecule has 0 aliphatic rings. The van der Waals surface area contributed by atoms with E-state index in [1.807, 2.05) is 26.0 Å². The molecule has 0 fully saturated rings. The van der Waals surface area contributed by atoms with Gasteiger partial charge in [-0.05, 0) is 66.9 Å². The third-order valence-corrected chi connectivity index (χ3v) is 8.49. The Morgan fingerprint density at radius 3 is 2.17 bits per heavy atom. The number of hydrogen-bond donors (Lipinski definition) is 1. The van der Waals surface area contributed by atoms with Gasteiger partial charge < -0.3 is 15.0 Å². The summed E-state index contributed by atoms with van der Waals surface area (Å²) in [5.41, 5.74) is 1.11. The van der Waals surface area contributed by atoms with Crippen LogP contribution in [0.3, 0.4) is 0 Å². The van der Waals surface area contributed by atoms with Gasteiger partial charge in [0.1, 0.15) is 18.3 Å². The number of nitrogens with one attached hydrogen (secondary N) is 1. The fourth-order valence-corrected chi connectivity index (χ4v) is 5.75. The molecule has 0 saturated carbocycles. The van der Waals surface area contributed by atoms with Gasteiger partial charge in [0.25, 0.3) is 10.0 Å². The molecule has 214 valence electrons. The van der Waals surface area contributed by atoms with Crippen LogP contribution in [-0.2, 0) is 26.2 Å². The molecule has 1 N–H and O–H groups in total. The average Bonchev–Trinajstić information content (AvgIpc) is 2.96. The van der Waals surface area contributed by atoms with Gasteiger partial charge in [0, 0.05) is 18.1 Å². The maximum atomic E-state index is 14.0. The summed E-state index contributed by atoms with van der Waals surface area (Å²) in [5.74, 6) is -0.116. The molecule has 3 aromatic rings. The van der Waals surface area contributed by atoms with E-state index in [1.54, 1.807) is 49.6 Å². The van der Waals surface area contributed by atoms with E-state index in [2.05, 4.69) is 5.32 Å². The van der Waals surface area contributed by atoms with Gasteiger partial charge in [-0.25, -0.2) is 8.42 Å². The van der Waals surface area contributed by atoms with Crippen molar-refractivity contribution < 1.29 is 22.7 Å². The Morgan fingerprint density at radius 2 is 1.60 bits per heavy atom. The van der Waals surface area contributed by atoms with Crippen LogP contribution < -0.4 is 14.4 Å². The van der Waals surface area contributed by atoms with Crippen molar-refractivity contribution in [1.82, 2.24) is 10.2 Å². The molecule has 0 spiro atoms. The number of nitrogens with zero attached hydrogens (tertiary/aromatic N) is 2. The monoisotopic (exact) mass is 585 g/mol. The van der Waals surface area contributed by atoms with Crippen LogP contribution in [0.25, 0.3) is 0 Å². The normalized spacial score (nSPS) is 11.9. The lowest BCUT2D eigenvalue weighted by Gasteiger charge is -2.33. The predicted octanol–water partition coefficient (Wildman–Crippen LogP) is 5.27. The molecule has 3 rings (SSSR count). The van der Waals surface area contributed by atoms with E-state index < -0.39 is 28.5 Å². The number of methoxy groups -OCH3 is 1. The summed E-state index contributed by atoms with van der Waals surface area (Å²) in [4.78, 5) is 28.7. The molecule has 2 amide bonds. The highest BCUT2D eigenvalue weighted by Gasteiger charge is 2.33. The highest BCUT2D eigenvalue weighted by Crippen LogP contribution is 2.26. The van der Waals surface area contributed by atoms with Crippen molar-refractivity contribution in [3.8, 4) is 5.75 Å². The van der Waals surface area contributed by atoms with Crippen molar-refractivity contribution in [3.63, 3.8) is 0 Å². The zero-order valence-electron chi connectivity index (χ0n) is 23.0. The van der Waals surface area contributed by atoms with Crippen LogP contribution in [0.1, 0.15) is 38.7 Å². The van der Waals surface area contributed by atoms with Gasteiger partial charge >= 0.3 is 0 Å². The fourth-order valence-electron chi connectivity index (χ4n) is 4.21. The molecule has 0 bridgehead atoms. The van der Waals surface area contributed by atoms with Gasteiger partial charge in [-0.2, -0.15) is 0 Å². The van der Waals surface area contributed by atoms with E-state index in [0.717, 1.165) is 22.7 Å². The van der Waals surface area contributed by atoms with E-state index >= 15 is 0 Å². The molecule has 0 radical (unpaired) electrons. The minimum atomic E-state index is -4.14. The smallest absolute Gasteiger partial charge is 0.264 e. The van der Waals surface area contributed by atoms with Crippen LogP contribution in [-0.4, -0.2) is 51.4 Å². The number of hydrogen-bond acceptors (Lipinski definition) is 5. The number of para-hydroxylation sites is 1. The highest BCUT2D eigenvalue weighted by atomic mass is 35.5. The highest BCUT2D eigenvalue weighted by molar-refractivity contribution is 7.92. The number of rotatable bonds is 14. The number of amides is 2. The summed E-state index contributed by atoms with van der Waals surface area (Å²) in [6.07, 6.45) is 2.09. The Balaban J connectivity index is 2.00. The minimum Gasteiger partial charge on any atom is -0.497 e. The van der Waals surface area contributed by atoms with E-state index in [1.165, 1.54) is 29.2 Å². The lowest BCUT2D eigenvalue weighted by Crippen LogP contribution is -2.52. The van der Waals surface area contributed by atoms with Crippen molar-refractivity contribution in [2.75, 3.05) is 24.5 Å². The second-order valence-corrected chi connectivity index (χ2v) is 11.5. The Kier molecular flexibility index (Phi) is 11.4. The van der Waals surface area contributed by atoms with Crippen LogP contribution in [0, 0.1) is 0 Å². The van der Waals surface area contributed by atoms with Gasteiger partial charge in [0.2, 0.25) is 11.8 Å². The number of carbonyl (C=O) groups is 2. The summed E-state index contributed by atoms with van der Waals surface area (Å²) in [7, 11) is -2.57. The third-order valence-electron chi connectivity index (χ3n) is 6.45. The summed E-state index contributed by atoms with van der Waals surface area (Å²) in [5, 5.41) is 3.32. The first-order valence-corrected chi connectivity index (χ1v) is 15.1. The van der Waals surface area contributed by atoms with E-state index in [-0.39, 0.29) is 17.3 Å². The molecule has 10 heteroatoms. The lowest BCUT2D eigenvalue weighted by molar-refractivity contribution is -0.140. The van der Waals surface area contributed by atoms with Gasteiger partial charge in [0.05, 0.1) is 17.7 Å².